The molecule has 1 aromatic rings. The van der Waals surface area contributed by atoms with Crippen molar-refractivity contribution in [3.05, 3.63) is 33.9 Å². The Balaban J connectivity index is 2.59. The van der Waals surface area contributed by atoms with Crippen LogP contribution in [0.5, 0.6) is 5.75 Å². The van der Waals surface area contributed by atoms with E-state index in [9.17, 15) is 10.1 Å². The Morgan fingerprint density at radius 2 is 2.30 bits per heavy atom. The maximum atomic E-state index is 10.9. The third-order valence-corrected chi connectivity index (χ3v) is 2.77. The molecule has 20 heavy (non-hydrogen) atoms. The van der Waals surface area contributed by atoms with E-state index in [0.717, 1.165) is 18.5 Å². The fourth-order valence-electron chi connectivity index (χ4n) is 1.71. The maximum absolute atomic E-state index is 10.9. The first kappa shape index (κ1) is 15.9. The van der Waals surface area contributed by atoms with Crippen LogP contribution in [-0.4, -0.2) is 24.1 Å². The van der Waals surface area contributed by atoms with Crippen LogP contribution in [0.15, 0.2) is 18.2 Å². The molecule has 0 aliphatic carbocycles. The molecule has 0 spiro atoms. The fraction of sp³-hybridized carbons (Fsp3) is 0.500. The number of hydrogen-bond acceptors (Lipinski definition) is 5. The maximum Gasteiger partial charge on any atom is 0.310 e. The summed E-state index contributed by atoms with van der Waals surface area (Å²) < 4.78 is 5.46. The van der Waals surface area contributed by atoms with E-state index >= 15 is 0 Å². The van der Waals surface area contributed by atoms with Crippen molar-refractivity contribution in [3.63, 3.8) is 0 Å². The van der Waals surface area contributed by atoms with Crippen molar-refractivity contribution in [3.8, 4) is 11.8 Å². The van der Waals surface area contributed by atoms with Gasteiger partial charge in [0.05, 0.1) is 23.6 Å². The van der Waals surface area contributed by atoms with Crippen LogP contribution < -0.4 is 10.1 Å². The van der Waals surface area contributed by atoms with Gasteiger partial charge in [-0.15, -0.1) is 0 Å². The molecular formula is C14H19N3O3. The Hall–Kier alpha value is -2.13. The zero-order chi connectivity index (χ0) is 15.0. The predicted molar refractivity (Wildman–Crippen MR) is 75.6 cm³/mol. The van der Waals surface area contributed by atoms with Gasteiger partial charge in [-0.25, -0.2) is 0 Å². The van der Waals surface area contributed by atoms with E-state index in [2.05, 4.69) is 11.4 Å². The summed E-state index contributed by atoms with van der Waals surface area (Å²) in [6, 6.07) is 6.60. The molecule has 0 saturated heterocycles. The number of nitro groups is 1. The second-order valence-corrected chi connectivity index (χ2v) is 4.50. The third kappa shape index (κ3) is 4.86. The number of hydrogen-bond donors (Lipinski definition) is 1. The number of nitrogens with one attached hydrogen (secondary N) is 1. The van der Waals surface area contributed by atoms with Gasteiger partial charge >= 0.3 is 5.69 Å². The Morgan fingerprint density at radius 1 is 1.55 bits per heavy atom. The van der Waals surface area contributed by atoms with Crippen molar-refractivity contribution in [2.45, 2.75) is 32.7 Å². The molecule has 1 unspecified atom stereocenters. The Kier molecular flexibility index (Phi) is 6.47. The lowest BCUT2D eigenvalue weighted by molar-refractivity contribution is -0.385. The zero-order valence-corrected chi connectivity index (χ0v) is 11.8. The molecule has 0 amide bonds. The van der Waals surface area contributed by atoms with Gasteiger partial charge in [0.15, 0.2) is 5.75 Å². The normalized spacial score (nSPS) is 11.7. The quantitative estimate of drug-likeness (QED) is 0.582. The van der Waals surface area contributed by atoms with Gasteiger partial charge in [-0.3, -0.25) is 10.1 Å². The highest BCUT2D eigenvalue weighted by Crippen LogP contribution is 2.27. The smallest absolute Gasteiger partial charge is 0.310 e. The van der Waals surface area contributed by atoms with Crippen molar-refractivity contribution < 1.29 is 9.66 Å². The Bertz CT molecular complexity index is 497. The number of ether oxygens (including phenoxy) is 1. The van der Waals surface area contributed by atoms with Gasteiger partial charge in [0, 0.05) is 12.5 Å². The number of benzene rings is 1. The number of nitriles is 1. The van der Waals surface area contributed by atoms with Gasteiger partial charge < -0.3 is 10.1 Å². The third-order valence-electron chi connectivity index (χ3n) is 2.77. The van der Waals surface area contributed by atoms with Crippen molar-refractivity contribution in [2.24, 2.45) is 0 Å². The number of nitrogens with zero attached hydrogens (tertiary/aromatic N) is 2. The predicted octanol–water partition coefficient (Wildman–Crippen LogP) is 2.56. The van der Waals surface area contributed by atoms with E-state index in [1.54, 1.807) is 12.1 Å². The molecule has 0 saturated carbocycles. The average Bonchev–Trinajstić information content (AvgIpc) is 2.42. The van der Waals surface area contributed by atoms with Crippen LogP contribution in [0.2, 0.25) is 0 Å². The first-order chi connectivity index (χ1) is 9.58. The lowest BCUT2D eigenvalue weighted by Crippen LogP contribution is -2.29. The van der Waals surface area contributed by atoms with Crippen LogP contribution in [0.1, 0.15) is 25.3 Å². The molecule has 0 fully saturated rings. The fourth-order valence-corrected chi connectivity index (χ4v) is 1.71. The number of aryl methyl sites for hydroxylation is 1. The SMILES string of the molecule is CCCNC(C#N)CCOc1cc(C)ccc1[N+](=O)[O-]. The standard InChI is InChI=1S/C14H19N3O3/c1-3-7-16-12(10-15)6-8-20-14-9-11(2)4-5-13(14)17(18)19/h4-5,9,12,16H,3,6-8H2,1-2H3. The van der Waals surface area contributed by atoms with E-state index in [1.807, 2.05) is 13.8 Å². The van der Waals surface area contributed by atoms with Crippen molar-refractivity contribution in [1.82, 2.24) is 5.32 Å². The number of nitro benzene ring substituents is 1. The first-order valence-corrected chi connectivity index (χ1v) is 6.59. The minimum absolute atomic E-state index is 0.0503. The summed E-state index contributed by atoms with van der Waals surface area (Å²) >= 11 is 0. The van der Waals surface area contributed by atoms with Crippen LogP contribution in [-0.2, 0) is 0 Å². The average molecular weight is 277 g/mol. The summed E-state index contributed by atoms with van der Waals surface area (Å²) in [6.45, 7) is 4.90. The molecule has 0 radical (unpaired) electrons. The van der Waals surface area contributed by atoms with Crippen LogP contribution in [0.25, 0.3) is 0 Å². The van der Waals surface area contributed by atoms with E-state index < -0.39 is 4.92 Å². The second-order valence-electron chi connectivity index (χ2n) is 4.50. The van der Waals surface area contributed by atoms with Crippen LogP contribution in [0.3, 0.4) is 0 Å². The lowest BCUT2D eigenvalue weighted by Gasteiger charge is -2.12. The highest BCUT2D eigenvalue weighted by molar-refractivity contribution is 5.48. The van der Waals surface area contributed by atoms with Gasteiger partial charge in [-0.05, 0) is 31.5 Å². The van der Waals surface area contributed by atoms with Crippen molar-refractivity contribution in [2.75, 3.05) is 13.2 Å². The molecule has 108 valence electrons. The van der Waals surface area contributed by atoms with Crippen LogP contribution >= 0.6 is 0 Å². The highest BCUT2D eigenvalue weighted by Gasteiger charge is 2.15. The molecule has 0 heterocycles. The number of rotatable bonds is 8. The van der Waals surface area contributed by atoms with Crippen LogP contribution in [0, 0.1) is 28.4 Å². The summed E-state index contributed by atoms with van der Waals surface area (Å²) in [5.41, 5.74) is 0.845. The molecule has 1 N–H and O–H groups in total. The van der Waals surface area contributed by atoms with Gasteiger partial charge in [0.1, 0.15) is 0 Å². The minimum Gasteiger partial charge on any atom is -0.487 e. The van der Waals surface area contributed by atoms with E-state index in [-0.39, 0.29) is 24.1 Å². The summed E-state index contributed by atoms with van der Waals surface area (Å²) in [4.78, 5) is 10.4. The van der Waals surface area contributed by atoms with Gasteiger partial charge in [0.2, 0.25) is 0 Å². The highest BCUT2D eigenvalue weighted by atomic mass is 16.6. The summed E-state index contributed by atoms with van der Waals surface area (Å²) in [7, 11) is 0. The molecule has 0 aromatic heterocycles. The van der Waals surface area contributed by atoms with Gasteiger partial charge in [-0.2, -0.15) is 5.26 Å². The molecule has 1 rings (SSSR count). The Labute approximate surface area is 118 Å². The largest absolute Gasteiger partial charge is 0.487 e. The minimum atomic E-state index is -0.466. The Morgan fingerprint density at radius 3 is 2.90 bits per heavy atom. The molecule has 0 bridgehead atoms. The zero-order valence-electron chi connectivity index (χ0n) is 11.8. The lowest BCUT2D eigenvalue weighted by atomic mass is 10.2. The molecule has 1 atom stereocenters. The van der Waals surface area contributed by atoms with Gasteiger partial charge in [0.25, 0.3) is 0 Å². The van der Waals surface area contributed by atoms with E-state index in [4.69, 9.17) is 10.00 Å². The van der Waals surface area contributed by atoms with E-state index in [1.165, 1.54) is 6.07 Å². The van der Waals surface area contributed by atoms with Gasteiger partial charge in [-0.1, -0.05) is 13.0 Å². The summed E-state index contributed by atoms with van der Waals surface area (Å²) in [5.74, 6) is 0.252. The molecule has 0 aliphatic rings. The molecule has 6 heteroatoms. The van der Waals surface area contributed by atoms with E-state index in [0.29, 0.717) is 6.42 Å². The second kappa shape index (κ2) is 8.12. The van der Waals surface area contributed by atoms with Crippen molar-refractivity contribution in [1.29, 1.82) is 5.26 Å². The summed E-state index contributed by atoms with van der Waals surface area (Å²) in [5, 5.41) is 22.9. The molecular weight excluding hydrogens is 258 g/mol. The monoisotopic (exact) mass is 277 g/mol. The molecule has 0 aliphatic heterocycles. The van der Waals surface area contributed by atoms with Crippen molar-refractivity contribution >= 4 is 5.69 Å². The summed E-state index contributed by atoms with van der Waals surface area (Å²) in [6.07, 6.45) is 1.43. The topological polar surface area (TPSA) is 88.2 Å². The van der Waals surface area contributed by atoms with Crippen LogP contribution in [0.4, 0.5) is 5.69 Å². The molecule has 1 aromatic carbocycles. The first-order valence-electron chi connectivity index (χ1n) is 6.59. The molecule has 6 nitrogen and oxygen atoms in total.